The predicted octanol–water partition coefficient (Wildman–Crippen LogP) is 1.93. The van der Waals surface area contributed by atoms with Crippen molar-refractivity contribution < 1.29 is 23.9 Å². The second-order valence-corrected chi connectivity index (χ2v) is 6.53. The molecule has 3 amide bonds. The number of carbonyl (C=O) groups is 3. The van der Waals surface area contributed by atoms with Gasteiger partial charge < -0.3 is 25.4 Å². The molecule has 2 heterocycles. The number of hydrogen-bond donors (Lipinski definition) is 3. The van der Waals surface area contributed by atoms with E-state index in [-0.39, 0.29) is 6.42 Å². The van der Waals surface area contributed by atoms with Gasteiger partial charge in [-0.25, -0.2) is 0 Å². The summed E-state index contributed by atoms with van der Waals surface area (Å²) < 4.78 is 11.2. The Kier molecular flexibility index (Phi) is 4.84. The van der Waals surface area contributed by atoms with Crippen LogP contribution in [-0.4, -0.2) is 37.0 Å². The first-order chi connectivity index (χ1) is 13.6. The fourth-order valence-electron chi connectivity index (χ4n) is 3.09. The van der Waals surface area contributed by atoms with Gasteiger partial charge in [0, 0.05) is 18.2 Å². The summed E-state index contributed by atoms with van der Waals surface area (Å²) in [4.78, 5) is 37.2. The summed E-state index contributed by atoms with van der Waals surface area (Å²) in [5.41, 5.74) is 1.32. The molecule has 1 atom stereocenters. The number of anilines is 2. The van der Waals surface area contributed by atoms with E-state index in [0.717, 1.165) is 6.42 Å². The van der Waals surface area contributed by atoms with E-state index in [2.05, 4.69) is 16.0 Å². The molecule has 0 saturated carbocycles. The highest BCUT2D eigenvalue weighted by atomic mass is 16.5. The van der Waals surface area contributed by atoms with Crippen LogP contribution in [0.3, 0.4) is 0 Å². The molecule has 0 unspecified atom stereocenters. The smallest absolute Gasteiger partial charge is 0.254 e. The Morgan fingerprint density at radius 3 is 2.71 bits per heavy atom. The molecule has 0 spiro atoms. The molecule has 2 aromatic rings. The molecule has 0 bridgehead atoms. The average molecular weight is 381 g/mol. The van der Waals surface area contributed by atoms with Gasteiger partial charge in [-0.1, -0.05) is 12.1 Å². The molecule has 2 aromatic carbocycles. The van der Waals surface area contributed by atoms with Gasteiger partial charge in [-0.05, 0) is 24.3 Å². The van der Waals surface area contributed by atoms with Crippen molar-refractivity contribution in [3.63, 3.8) is 0 Å². The van der Waals surface area contributed by atoms with E-state index in [4.69, 9.17) is 9.47 Å². The number of amides is 3. The van der Waals surface area contributed by atoms with Crippen molar-refractivity contribution in [2.45, 2.75) is 18.9 Å². The van der Waals surface area contributed by atoms with Gasteiger partial charge in [-0.3, -0.25) is 14.4 Å². The largest absolute Gasteiger partial charge is 0.490 e. The molecular weight excluding hydrogens is 362 g/mol. The summed E-state index contributed by atoms with van der Waals surface area (Å²) in [6.07, 6.45) is 0.593. The van der Waals surface area contributed by atoms with E-state index in [1.807, 2.05) is 0 Å². The first kappa shape index (κ1) is 17.8. The van der Waals surface area contributed by atoms with Gasteiger partial charge in [0.15, 0.2) is 11.5 Å². The van der Waals surface area contributed by atoms with Crippen molar-refractivity contribution in [1.29, 1.82) is 0 Å². The molecule has 0 fully saturated rings. The average Bonchev–Trinajstić information content (AvgIpc) is 2.98. The molecule has 2 aliphatic rings. The molecule has 144 valence electrons. The van der Waals surface area contributed by atoms with Crippen molar-refractivity contribution >= 4 is 29.1 Å². The van der Waals surface area contributed by atoms with Gasteiger partial charge >= 0.3 is 0 Å². The lowest BCUT2D eigenvalue weighted by Crippen LogP contribution is -2.43. The van der Waals surface area contributed by atoms with Crippen molar-refractivity contribution in [2.75, 3.05) is 23.8 Å². The fraction of sp³-hybridized carbons (Fsp3) is 0.250. The number of rotatable bonds is 3. The van der Waals surface area contributed by atoms with Crippen LogP contribution in [0, 0.1) is 0 Å². The zero-order chi connectivity index (χ0) is 19.5. The molecular formula is C20H19N3O5. The van der Waals surface area contributed by atoms with Gasteiger partial charge in [0.25, 0.3) is 5.91 Å². The number of carbonyl (C=O) groups excluding carboxylic acids is 3. The van der Waals surface area contributed by atoms with Crippen LogP contribution in [0.15, 0.2) is 42.5 Å². The lowest BCUT2D eigenvalue weighted by Gasteiger charge is -2.15. The van der Waals surface area contributed by atoms with E-state index in [9.17, 15) is 14.4 Å². The van der Waals surface area contributed by atoms with Crippen LogP contribution in [0.4, 0.5) is 11.4 Å². The molecule has 8 heteroatoms. The van der Waals surface area contributed by atoms with Crippen molar-refractivity contribution in [3.05, 3.63) is 48.0 Å². The zero-order valence-corrected chi connectivity index (χ0v) is 15.0. The van der Waals surface area contributed by atoms with Crippen LogP contribution in [-0.2, 0) is 9.59 Å². The molecule has 0 aromatic heterocycles. The maximum Gasteiger partial charge on any atom is 0.254 e. The van der Waals surface area contributed by atoms with Crippen LogP contribution in [0.5, 0.6) is 11.5 Å². The highest BCUT2D eigenvalue weighted by molar-refractivity contribution is 6.11. The van der Waals surface area contributed by atoms with E-state index >= 15 is 0 Å². The van der Waals surface area contributed by atoms with E-state index < -0.39 is 23.8 Å². The summed E-state index contributed by atoms with van der Waals surface area (Å²) >= 11 is 0. The van der Waals surface area contributed by atoms with Gasteiger partial charge in [0.2, 0.25) is 11.8 Å². The van der Waals surface area contributed by atoms with Crippen LogP contribution in [0.25, 0.3) is 0 Å². The van der Waals surface area contributed by atoms with Gasteiger partial charge in [-0.2, -0.15) is 0 Å². The summed E-state index contributed by atoms with van der Waals surface area (Å²) in [5, 5.41) is 8.02. The topological polar surface area (TPSA) is 106 Å². The maximum atomic E-state index is 12.4. The Balaban J connectivity index is 1.43. The molecule has 0 saturated heterocycles. The quantitative estimate of drug-likeness (QED) is 0.753. The minimum Gasteiger partial charge on any atom is -0.490 e. The van der Waals surface area contributed by atoms with E-state index in [1.165, 1.54) is 0 Å². The summed E-state index contributed by atoms with van der Waals surface area (Å²) in [6.45, 7) is 1.12. The molecule has 0 radical (unpaired) electrons. The highest BCUT2D eigenvalue weighted by Crippen LogP contribution is 2.32. The normalized spacial score (nSPS) is 18.1. The molecule has 3 N–H and O–H groups in total. The predicted molar refractivity (Wildman–Crippen MR) is 102 cm³/mol. The Hall–Kier alpha value is -3.55. The first-order valence-electron chi connectivity index (χ1n) is 9.00. The van der Waals surface area contributed by atoms with Gasteiger partial charge in [0.1, 0.15) is 6.04 Å². The number of benzene rings is 2. The maximum absolute atomic E-state index is 12.4. The van der Waals surface area contributed by atoms with Crippen LogP contribution in [0.1, 0.15) is 23.2 Å². The minimum absolute atomic E-state index is 0.194. The van der Waals surface area contributed by atoms with Crippen molar-refractivity contribution in [3.8, 4) is 11.5 Å². The SMILES string of the molecule is O=C(C[C@H]1NC(=O)c2ccccc2NC1=O)Nc1ccc2c(c1)OCCCO2. The van der Waals surface area contributed by atoms with Crippen LogP contribution in [0.2, 0.25) is 0 Å². The van der Waals surface area contributed by atoms with Crippen LogP contribution >= 0.6 is 0 Å². The molecule has 0 aliphatic carbocycles. The molecule has 8 nitrogen and oxygen atoms in total. The Bertz CT molecular complexity index is 943. The summed E-state index contributed by atoms with van der Waals surface area (Å²) in [7, 11) is 0. The minimum atomic E-state index is -0.972. The Morgan fingerprint density at radius 2 is 1.86 bits per heavy atom. The van der Waals surface area contributed by atoms with Crippen molar-refractivity contribution in [1.82, 2.24) is 5.32 Å². The third-order valence-electron chi connectivity index (χ3n) is 4.47. The van der Waals surface area contributed by atoms with Gasteiger partial charge in [0.05, 0.1) is 30.9 Å². The lowest BCUT2D eigenvalue weighted by atomic mass is 10.1. The first-order valence-corrected chi connectivity index (χ1v) is 9.00. The fourth-order valence-corrected chi connectivity index (χ4v) is 3.09. The Morgan fingerprint density at radius 1 is 1.07 bits per heavy atom. The standard InChI is InChI=1S/C20H19N3O5/c24-18(21-12-6-7-16-17(10-12)28-9-3-8-27-16)11-15-20(26)22-14-5-2-1-4-13(14)19(25)23-15/h1-2,4-7,10,15H,3,8-9,11H2,(H,21,24)(H,22,26)(H,23,25)/t15-/m1/s1. The second-order valence-electron chi connectivity index (χ2n) is 6.53. The second kappa shape index (κ2) is 7.59. The lowest BCUT2D eigenvalue weighted by molar-refractivity contribution is -0.122. The number of fused-ring (bicyclic) bond motifs is 2. The molecule has 28 heavy (non-hydrogen) atoms. The third-order valence-corrected chi connectivity index (χ3v) is 4.47. The van der Waals surface area contributed by atoms with E-state index in [0.29, 0.717) is 41.7 Å². The van der Waals surface area contributed by atoms with Gasteiger partial charge in [-0.15, -0.1) is 0 Å². The van der Waals surface area contributed by atoms with E-state index in [1.54, 1.807) is 42.5 Å². The number of ether oxygens (including phenoxy) is 2. The Labute approximate surface area is 161 Å². The number of para-hydroxylation sites is 1. The summed E-state index contributed by atoms with van der Waals surface area (Å²) in [6, 6.07) is 10.8. The van der Waals surface area contributed by atoms with Crippen molar-refractivity contribution in [2.24, 2.45) is 0 Å². The highest BCUT2D eigenvalue weighted by Gasteiger charge is 2.29. The molecule has 2 aliphatic heterocycles. The number of hydrogen-bond acceptors (Lipinski definition) is 5. The number of nitrogens with one attached hydrogen (secondary N) is 3. The monoisotopic (exact) mass is 381 g/mol. The molecule has 4 rings (SSSR count). The summed E-state index contributed by atoms with van der Waals surface area (Å²) in [5.74, 6) is -0.0507. The van der Waals surface area contributed by atoms with Crippen LogP contribution < -0.4 is 25.4 Å². The zero-order valence-electron chi connectivity index (χ0n) is 15.0. The third kappa shape index (κ3) is 3.75.